The van der Waals surface area contributed by atoms with Crippen LogP contribution in [0.25, 0.3) is 0 Å². The fraction of sp³-hybridized carbons (Fsp3) is 0.600. The minimum Gasteiger partial charge on any atom is -0.461 e. The zero-order valence-corrected chi connectivity index (χ0v) is 12.6. The number of ether oxygens (including phenoxy) is 2. The van der Waals surface area contributed by atoms with Crippen LogP contribution < -0.4 is 10.1 Å². The number of hydrogen-bond donors (Lipinski definition) is 1. The van der Waals surface area contributed by atoms with Gasteiger partial charge in [0.15, 0.2) is 0 Å². The number of halogens is 1. The van der Waals surface area contributed by atoms with Crippen molar-refractivity contribution >= 4 is 5.69 Å². The number of anilines is 1. The van der Waals surface area contributed by atoms with Crippen LogP contribution in [0.15, 0.2) is 18.2 Å². The summed E-state index contributed by atoms with van der Waals surface area (Å²) in [6.07, 6.45) is 0. The van der Waals surface area contributed by atoms with Crippen molar-refractivity contribution in [2.75, 3.05) is 19.3 Å². The maximum Gasteiger partial charge on any atom is 0.228 e. The average molecular weight is 269 g/mol. The van der Waals surface area contributed by atoms with Crippen LogP contribution in [0.2, 0.25) is 0 Å². The van der Waals surface area contributed by atoms with E-state index in [-0.39, 0.29) is 5.54 Å². The van der Waals surface area contributed by atoms with Crippen molar-refractivity contribution < 1.29 is 13.9 Å². The predicted octanol–water partition coefficient (Wildman–Crippen LogP) is 4.08. The van der Waals surface area contributed by atoms with Gasteiger partial charge in [0, 0.05) is 12.6 Å². The summed E-state index contributed by atoms with van der Waals surface area (Å²) < 4.78 is 23.0. The summed E-state index contributed by atoms with van der Waals surface area (Å²) in [6.45, 7) is 9.18. The van der Waals surface area contributed by atoms with Crippen molar-refractivity contribution in [1.82, 2.24) is 0 Å². The van der Waals surface area contributed by atoms with Crippen LogP contribution in [-0.2, 0) is 10.3 Å². The lowest BCUT2D eigenvalue weighted by molar-refractivity contribution is 0.0189. The van der Waals surface area contributed by atoms with Gasteiger partial charge in [0.2, 0.25) is 6.86 Å². The van der Waals surface area contributed by atoms with Crippen molar-refractivity contribution in [2.24, 2.45) is 0 Å². The molecule has 1 rings (SSSR count). The summed E-state index contributed by atoms with van der Waals surface area (Å²) in [5.41, 5.74) is 1.17. The van der Waals surface area contributed by atoms with E-state index in [9.17, 15) is 4.39 Å². The largest absolute Gasteiger partial charge is 0.461 e. The molecule has 108 valence electrons. The Bertz CT molecular complexity index is 425. The smallest absolute Gasteiger partial charge is 0.228 e. The maximum atomic E-state index is 12.5. The maximum absolute atomic E-state index is 12.5. The van der Waals surface area contributed by atoms with Crippen LogP contribution in [0.5, 0.6) is 5.75 Å². The first-order valence-corrected chi connectivity index (χ1v) is 6.36. The molecule has 1 aromatic rings. The lowest BCUT2D eigenvalue weighted by Crippen LogP contribution is -2.26. The highest BCUT2D eigenvalue weighted by molar-refractivity contribution is 5.59. The number of rotatable bonds is 5. The highest BCUT2D eigenvalue weighted by Gasteiger charge is 2.22. The Kier molecular flexibility index (Phi) is 4.80. The first-order valence-electron chi connectivity index (χ1n) is 6.36. The molecule has 0 amide bonds. The van der Waals surface area contributed by atoms with Crippen LogP contribution in [0.3, 0.4) is 0 Å². The van der Waals surface area contributed by atoms with E-state index in [1.807, 2.05) is 52.8 Å². The molecule has 0 aliphatic heterocycles. The second-order valence-corrected chi connectivity index (χ2v) is 6.05. The SMILES string of the molecule is COC(C)(C)c1ccc(NC(C)(C)C)c(OCF)c1. The van der Waals surface area contributed by atoms with Crippen molar-refractivity contribution in [3.8, 4) is 5.75 Å². The van der Waals surface area contributed by atoms with Crippen molar-refractivity contribution in [1.29, 1.82) is 0 Å². The fourth-order valence-electron chi connectivity index (χ4n) is 1.70. The molecule has 0 bridgehead atoms. The molecule has 1 N–H and O–H groups in total. The second-order valence-electron chi connectivity index (χ2n) is 6.05. The first-order chi connectivity index (χ1) is 8.69. The van der Waals surface area contributed by atoms with Crippen LogP contribution in [0.4, 0.5) is 10.1 Å². The van der Waals surface area contributed by atoms with Crippen molar-refractivity contribution in [3.63, 3.8) is 0 Å². The quantitative estimate of drug-likeness (QED) is 0.873. The van der Waals surface area contributed by atoms with Gasteiger partial charge in [-0.05, 0) is 52.3 Å². The molecule has 0 spiro atoms. The van der Waals surface area contributed by atoms with Gasteiger partial charge in [-0.1, -0.05) is 6.07 Å². The van der Waals surface area contributed by atoms with Crippen LogP contribution in [0, 0.1) is 0 Å². The topological polar surface area (TPSA) is 30.5 Å². The second kappa shape index (κ2) is 5.78. The van der Waals surface area contributed by atoms with Crippen LogP contribution in [0.1, 0.15) is 40.2 Å². The number of alkyl halides is 1. The monoisotopic (exact) mass is 269 g/mol. The van der Waals surface area contributed by atoms with Gasteiger partial charge < -0.3 is 14.8 Å². The molecular weight excluding hydrogens is 245 g/mol. The Balaban J connectivity index is 3.14. The van der Waals surface area contributed by atoms with E-state index < -0.39 is 12.5 Å². The summed E-state index contributed by atoms with van der Waals surface area (Å²) in [6, 6.07) is 5.67. The van der Waals surface area contributed by atoms with E-state index in [0.717, 1.165) is 11.3 Å². The molecular formula is C15H24FNO2. The van der Waals surface area contributed by atoms with Gasteiger partial charge >= 0.3 is 0 Å². The average Bonchev–Trinajstić information content (AvgIpc) is 2.29. The van der Waals surface area contributed by atoms with E-state index in [0.29, 0.717) is 5.75 Å². The molecule has 3 nitrogen and oxygen atoms in total. The highest BCUT2D eigenvalue weighted by atomic mass is 19.1. The molecule has 1 aromatic carbocycles. The standard InChI is InChI=1S/C15H24FNO2/c1-14(2,3)17-12-8-7-11(15(4,5)18-6)9-13(12)19-10-16/h7-9,17H,10H2,1-6H3. The van der Waals surface area contributed by atoms with Crippen molar-refractivity contribution in [2.45, 2.75) is 45.8 Å². The van der Waals surface area contributed by atoms with Crippen LogP contribution in [-0.4, -0.2) is 19.5 Å². The molecule has 0 aromatic heterocycles. The molecule has 0 saturated heterocycles. The predicted molar refractivity (Wildman–Crippen MR) is 76.5 cm³/mol. The minimum atomic E-state index is -0.852. The number of nitrogens with one attached hydrogen (secondary N) is 1. The third-order valence-electron chi connectivity index (χ3n) is 2.91. The molecule has 0 unspecified atom stereocenters. The summed E-state index contributed by atoms with van der Waals surface area (Å²) in [5.74, 6) is 0.500. The summed E-state index contributed by atoms with van der Waals surface area (Å²) >= 11 is 0. The van der Waals surface area contributed by atoms with Crippen molar-refractivity contribution in [3.05, 3.63) is 23.8 Å². The van der Waals surface area contributed by atoms with Gasteiger partial charge in [0.05, 0.1) is 11.3 Å². The van der Waals surface area contributed by atoms with Gasteiger partial charge in [-0.15, -0.1) is 0 Å². The Morgan fingerprint density at radius 3 is 2.26 bits per heavy atom. The summed E-state index contributed by atoms with van der Waals surface area (Å²) in [4.78, 5) is 0. The fourth-order valence-corrected chi connectivity index (χ4v) is 1.70. The zero-order valence-electron chi connectivity index (χ0n) is 12.6. The van der Waals surface area contributed by atoms with Gasteiger partial charge in [0.1, 0.15) is 5.75 Å². The minimum absolute atomic E-state index is 0.118. The van der Waals surface area contributed by atoms with E-state index in [1.54, 1.807) is 7.11 Å². The van der Waals surface area contributed by atoms with E-state index in [4.69, 9.17) is 9.47 Å². The molecule has 0 heterocycles. The lowest BCUT2D eigenvalue weighted by Gasteiger charge is -2.27. The third-order valence-corrected chi connectivity index (χ3v) is 2.91. The molecule has 0 fully saturated rings. The Labute approximate surface area is 115 Å². The van der Waals surface area contributed by atoms with E-state index >= 15 is 0 Å². The Morgan fingerprint density at radius 2 is 1.79 bits per heavy atom. The lowest BCUT2D eigenvalue weighted by atomic mass is 9.97. The van der Waals surface area contributed by atoms with Crippen LogP contribution >= 0.6 is 0 Å². The normalized spacial score (nSPS) is 12.4. The number of hydrogen-bond acceptors (Lipinski definition) is 3. The molecule has 0 atom stereocenters. The molecule has 0 aliphatic carbocycles. The zero-order chi connectivity index (χ0) is 14.7. The molecule has 0 saturated carbocycles. The number of benzene rings is 1. The Morgan fingerprint density at radius 1 is 1.16 bits per heavy atom. The van der Waals surface area contributed by atoms with E-state index in [2.05, 4.69) is 5.32 Å². The van der Waals surface area contributed by atoms with Gasteiger partial charge in [-0.3, -0.25) is 0 Å². The molecule has 19 heavy (non-hydrogen) atoms. The molecule has 4 heteroatoms. The molecule has 0 radical (unpaired) electrons. The van der Waals surface area contributed by atoms with Gasteiger partial charge in [-0.2, -0.15) is 0 Å². The number of methoxy groups -OCH3 is 1. The van der Waals surface area contributed by atoms with Gasteiger partial charge in [0.25, 0.3) is 0 Å². The Hall–Kier alpha value is -1.29. The molecule has 0 aliphatic rings. The summed E-state index contributed by atoms with van der Waals surface area (Å²) in [7, 11) is 1.65. The highest BCUT2D eigenvalue weighted by Crippen LogP contribution is 2.33. The summed E-state index contributed by atoms with van der Waals surface area (Å²) in [5, 5.41) is 3.30. The third kappa shape index (κ3) is 4.39. The van der Waals surface area contributed by atoms with Gasteiger partial charge in [-0.25, -0.2) is 4.39 Å². The first kappa shape index (κ1) is 15.8. The van der Waals surface area contributed by atoms with E-state index in [1.165, 1.54) is 0 Å².